The first kappa shape index (κ1) is 15.0. The number of nitrogens with zero attached hydrogens (tertiary/aromatic N) is 2. The lowest BCUT2D eigenvalue weighted by Crippen LogP contribution is -2.22. The molecule has 0 amide bonds. The van der Waals surface area contributed by atoms with Crippen LogP contribution in [-0.2, 0) is 16.6 Å². The molecule has 0 spiro atoms. The highest BCUT2D eigenvalue weighted by atomic mass is 32.2. The molecule has 1 aromatic carbocycles. The molecule has 0 saturated carbocycles. The van der Waals surface area contributed by atoms with Crippen molar-refractivity contribution in [3.05, 3.63) is 40.3 Å². The fraction of sp³-hybridized carbons (Fsp3) is 0.308. The first-order valence-corrected chi connectivity index (χ1v) is 8.39. The predicted octanol–water partition coefficient (Wildman–Crippen LogP) is 2.31. The third kappa shape index (κ3) is 3.36. The van der Waals surface area contributed by atoms with Gasteiger partial charge in [-0.15, -0.1) is 11.3 Å². The lowest BCUT2D eigenvalue weighted by molar-refractivity contribution is 0.521. The molecule has 20 heavy (non-hydrogen) atoms. The van der Waals surface area contributed by atoms with Gasteiger partial charge in [0.25, 0.3) is 0 Å². The maximum absolute atomic E-state index is 12.0. The molecule has 1 aromatic heterocycles. The van der Waals surface area contributed by atoms with Crippen LogP contribution in [0.1, 0.15) is 10.7 Å². The number of anilines is 1. The van der Waals surface area contributed by atoms with Gasteiger partial charge in [0.15, 0.2) is 0 Å². The number of sulfonamides is 1. The third-order valence-electron chi connectivity index (χ3n) is 2.75. The minimum absolute atomic E-state index is 0.280. The maximum Gasteiger partial charge on any atom is 0.242 e. The summed E-state index contributed by atoms with van der Waals surface area (Å²) in [5.74, 6) is 0. The van der Waals surface area contributed by atoms with Crippen molar-refractivity contribution < 1.29 is 8.42 Å². The highest BCUT2D eigenvalue weighted by Crippen LogP contribution is 2.18. The fourth-order valence-corrected chi connectivity index (χ4v) is 3.22. The molecular weight excluding hydrogens is 294 g/mol. The molecule has 0 bridgehead atoms. The fourth-order valence-electron chi connectivity index (χ4n) is 1.66. The standard InChI is InChI=1S/C13H17N3O2S2/c1-10-15-12(9-19-10)8-14-11-5-4-6-13(7-11)20(17,18)16(2)3/h4-7,9,14H,8H2,1-3H3. The number of nitrogens with one attached hydrogen (secondary N) is 1. The Bertz CT molecular complexity index is 693. The average molecular weight is 311 g/mol. The lowest BCUT2D eigenvalue weighted by Gasteiger charge is -2.12. The Morgan fingerprint density at radius 3 is 2.70 bits per heavy atom. The zero-order valence-electron chi connectivity index (χ0n) is 11.6. The zero-order valence-corrected chi connectivity index (χ0v) is 13.3. The summed E-state index contributed by atoms with van der Waals surface area (Å²) in [6.45, 7) is 2.54. The van der Waals surface area contributed by atoms with Crippen LogP contribution in [0.25, 0.3) is 0 Å². The number of aryl methyl sites for hydroxylation is 1. The number of thiazole rings is 1. The number of rotatable bonds is 5. The predicted molar refractivity (Wildman–Crippen MR) is 81.5 cm³/mol. The van der Waals surface area contributed by atoms with Gasteiger partial charge in [0.2, 0.25) is 10.0 Å². The van der Waals surface area contributed by atoms with E-state index in [-0.39, 0.29) is 4.90 Å². The van der Waals surface area contributed by atoms with Gasteiger partial charge in [0.05, 0.1) is 22.1 Å². The minimum Gasteiger partial charge on any atom is -0.379 e. The van der Waals surface area contributed by atoms with Crippen LogP contribution in [0.15, 0.2) is 34.5 Å². The van der Waals surface area contributed by atoms with E-state index in [1.165, 1.54) is 18.4 Å². The molecule has 2 aromatic rings. The van der Waals surface area contributed by atoms with Crippen LogP contribution in [0.3, 0.4) is 0 Å². The summed E-state index contributed by atoms with van der Waals surface area (Å²) < 4.78 is 25.3. The van der Waals surface area contributed by atoms with Gasteiger partial charge in [-0.05, 0) is 25.1 Å². The molecular formula is C13H17N3O2S2. The van der Waals surface area contributed by atoms with E-state index in [1.807, 2.05) is 18.4 Å². The van der Waals surface area contributed by atoms with Gasteiger partial charge in [-0.2, -0.15) is 0 Å². The Balaban J connectivity index is 2.14. The SMILES string of the molecule is Cc1nc(CNc2cccc(S(=O)(=O)N(C)C)c2)cs1. The van der Waals surface area contributed by atoms with Crippen LogP contribution in [0.2, 0.25) is 0 Å². The molecule has 2 rings (SSSR count). The summed E-state index contributed by atoms with van der Waals surface area (Å²) in [4.78, 5) is 4.63. The van der Waals surface area contributed by atoms with Crippen molar-refractivity contribution in [2.24, 2.45) is 0 Å². The van der Waals surface area contributed by atoms with E-state index in [0.717, 1.165) is 16.4 Å². The summed E-state index contributed by atoms with van der Waals surface area (Å²) in [7, 11) is -0.356. The van der Waals surface area contributed by atoms with Crippen LogP contribution >= 0.6 is 11.3 Å². The second-order valence-corrected chi connectivity index (χ2v) is 7.74. The molecule has 0 unspecified atom stereocenters. The molecule has 1 heterocycles. The quantitative estimate of drug-likeness (QED) is 0.920. The second-order valence-electron chi connectivity index (χ2n) is 4.53. The lowest BCUT2D eigenvalue weighted by atomic mass is 10.3. The third-order valence-corrected chi connectivity index (χ3v) is 5.39. The first-order chi connectivity index (χ1) is 9.39. The minimum atomic E-state index is -3.40. The number of hydrogen-bond acceptors (Lipinski definition) is 5. The van der Waals surface area contributed by atoms with Crippen molar-refractivity contribution in [2.45, 2.75) is 18.4 Å². The Labute approximate surface area is 123 Å². The molecule has 0 fully saturated rings. The molecule has 1 N–H and O–H groups in total. The smallest absolute Gasteiger partial charge is 0.242 e. The van der Waals surface area contributed by atoms with E-state index in [2.05, 4.69) is 10.3 Å². The highest BCUT2D eigenvalue weighted by Gasteiger charge is 2.17. The van der Waals surface area contributed by atoms with Gasteiger partial charge in [0.1, 0.15) is 0 Å². The molecule has 0 aliphatic rings. The van der Waals surface area contributed by atoms with Gasteiger partial charge in [-0.3, -0.25) is 0 Å². The van der Waals surface area contributed by atoms with Crippen LogP contribution in [0, 0.1) is 6.92 Å². The Morgan fingerprint density at radius 2 is 2.10 bits per heavy atom. The van der Waals surface area contributed by atoms with Crippen molar-refractivity contribution in [3.63, 3.8) is 0 Å². The van der Waals surface area contributed by atoms with E-state index in [9.17, 15) is 8.42 Å². The number of hydrogen-bond donors (Lipinski definition) is 1. The normalized spacial score (nSPS) is 11.8. The van der Waals surface area contributed by atoms with Crippen molar-refractivity contribution >= 4 is 27.0 Å². The van der Waals surface area contributed by atoms with Gasteiger partial charge < -0.3 is 5.32 Å². The first-order valence-electron chi connectivity index (χ1n) is 6.07. The molecule has 108 valence electrons. The molecule has 0 radical (unpaired) electrons. The maximum atomic E-state index is 12.0. The molecule has 7 heteroatoms. The second kappa shape index (κ2) is 5.90. The van der Waals surface area contributed by atoms with Gasteiger partial charge in [0, 0.05) is 25.2 Å². The summed E-state index contributed by atoms with van der Waals surface area (Å²) in [5, 5.41) is 6.19. The van der Waals surface area contributed by atoms with Crippen molar-refractivity contribution in [2.75, 3.05) is 19.4 Å². The summed E-state index contributed by atoms with van der Waals surface area (Å²) in [6, 6.07) is 6.79. The van der Waals surface area contributed by atoms with E-state index in [1.54, 1.807) is 29.5 Å². The van der Waals surface area contributed by atoms with E-state index in [4.69, 9.17) is 0 Å². The van der Waals surface area contributed by atoms with Crippen LogP contribution < -0.4 is 5.32 Å². The van der Waals surface area contributed by atoms with Gasteiger partial charge in [-0.1, -0.05) is 6.07 Å². The Kier molecular flexibility index (Phi) is 4.42. The van der Waals surface area contributed by atoms with Crippen LogP contribution in [0.4, 0.5) is 5.69 Å². The van der Waals surface area contributed by atoms with Gasteiger partial charge >= 0.3 is 0 Å². The topological polar surface area (TPSA) is 62.3 Å². The van der Waals surface area contributed by atoms with Crippen molar-refractivity contribution in [1.29, 1.82) is 0 Å². The van der Waals surface area contributed by atoms with Crippen molar-refractivity contribution in [3.8, 4) is 0 Å². The largest absolute Gasteiger partial charge is 0.379 e. The van der Waals surface area contributed by atoms with Gasteiger partial charge in [-0.25, -0.2) is 17.7 Å². The average Bonchev–Trinajstić information content (AvgIpc) is 2.82. The molecule has 0 saturated heterocycles. The van der Waals surface area contributed by atoms with E-state index < -0.39 is 10.0 Å². The Morgan fingerprint density at radius 1 is 1.35 bits per heavy atom. The monoisotopic (exact) mass is 311 g/mol. The summed E-state index contributed by atoms with van der Waals surface area (Å²) in [6.07, 6.45) is 0. The summed E-state index contributed by atoms with van der Waals surface area (Å²) in [5.41, 5.74) is 1.71. The molecule has 0 aliphatic carbocycles. The molecule has 0 atom stereocenters. The van der Waals surface area contributed by atoms with Crippen LogP contribution in [0.5, 0.6) is 0 Å². The van der Waals surface area contributed by atoms with E-state index in [0.29, 0.717) is 6.54 Å². The Hall–Kier alpha value is -1.44. The highest BCUT2D eigenvalue weighted by molar-refractivity contribution is 7.89. The molecule has 5 nitrogen and oxygen atoms in total. The van der Waals surface area contributed by atoms with E-state index >= 15 is 0 Å². The number of benzene rings is 1. The van der Waals surface area contributed by atoms with Crippen molar-refractivity contribution in [1.82, 2.24) is 9.29 Å². The zero-order chi connectivity index (χ0) is 14.8. The summed E-state index contributed by atoms with van der Waals surface area (Å²) >= 11 is 1.60. The molecule has 0 aliphatic heterocycles. The number of aromatic nitrogens is 1. The van der Waals surface area contributed by atoms with Crippen LogP contribution in [-0.4, -0.2) is 31.8 Å².